The van der Waals surface area contributed by atoms with Crippen LogP contribution in [0.15, 0.2) is 42.7 Å². The molecule has 2 fully saturated rings. The minimum absolute atomic E-state index is 0.233. The number of rotatable bonds is 5. The Balaban J connectivity index is 1.53. The van der Waals surface area contributed by atoms with Gasteiger partial charge in [0.15, 0.2) is 0 Å². The third kappa shape index (κ3) is 4.28. The number of aryl methyl sites for hydroxylation is 2. The van der Waals surface area contributed by atoms with Crippen molar-refractivity contribution in [3.05, 3.63) is 65.0 Å². The number of piperidine rings is 2. The highest BCUT2D eigenvalue weighted by Crippen LogP contribution is 2.43. The standard InChI is InChI=1S/C25H34N4O/c1-19-7-8-22(20(2)14-19)16-27-24(30)25-9-5-12-29(17-21-6-4-11-26-15-21)23(25)18-28(3)13-10-25/h4,6-8,11,14-15,23H,5,9-10,12-13,16-18H2,1-3H3,(H,27,30)/t23-,25+/m0/s1. The van der Waals surface area contributed by atoms with Crippen LogP contribution in [0.1, 0.15) is 41.5 Å². The number of likely N-dealkylation sites (N-methyl/N-ethyl adjacent to an activating group) is 1. The third-order valence-corrected chi connectivity index (χ3v) is 7.07. The van der Waals surface area contributed by atoms with Gasteiger partial charge in [-0.2, -0.15) is 0 Å². The molecule has 1 aromatic carbocycles. The number of pyridine rings is 1. The molecule has 1 N–H and O–H groups in total. The average molecular weight is 407 g/mol. The Hall–Kier alpha value is -2.24. The zero-order valence-corrected chi connectivity index (χ0v) is 18.5. The van der Waals surface area contributed by atoms with E-state index in [9.17, 15) is 4.79 Å². The van der Waals surface area contributed by atoms with Gasteiger partial charge in [-0.25, -0.2) is 0 Å². The normalized spacial score (nSPS) is 25.0. The first-order valence-corrected chi connectivity index (χ1v) is 11.1. The molecule has 0 spiro atoms. The van der Waals surface area contributed by atoms with E-state index >= 15 is 0 Å². The lowest BCUT2D eigenvalue weighted by molar-refractivity contribution is -0.145. The summed E-state index contributed by atoms with van der Waals surface area (Å²) in [6.45, 7) is 8.67. The molecule has 5 heteroatoms. The predicted molar refractivity (Wildman–Crippen MR) is 120 cm³/mol. The number of hydrogen-bond donors (Lipinski definition) is 1. The van der Waals surface area contributed by atoms with Gasteiger partial charge < -0.3 is 10.2 Å². The number of nitrogens with zero attached hydrogens (tertiary/aromatic N) is 3. The number of fused-ring (bicyclic) bond motifs is 1. The first-order valence-electron chi connectivity index (χ1n) is 11.1. The summed E-state index contributed by atoms with van der Waals surface area (Å²) in [5.74, 6) is 0.233. The van der Waals surface area contributed by atoms with Crippen LogP contribution in [0.25, 0.3) is 0 Å². The van der Waals surface area contributed by atoms with E-state index in [-0.39, 0.29) is 17.4 Å². The van der Waals surface area contributed by atoms with Gasteiger partial charge in [0.05, 0.1) is 5.41 Å². The SMILES string of the molecule is Cc1ccc(CNC(=O)[C@@]23CCCN(Cc4cccnc4)[C@H]2CN(C)CC3)c(C)c1. The Bertz CT molecular complexity index is 884. The molecule has 160 valence electrons. The van der Waals surface area contributed by atoms with Crippen LogP contribution >= 0.6 is 0 Å². The molecule has 30 heavy (non-hydrogen) atoms. The number of nitrogens with one attached hydrogen (secondary N) is 1. The molecule has 2 saturated heterocycles. The maximum Gasteiger partial charge on any atom is 0.228 e. The van der Waals surface area contributed by atoms with Gasteiger partial charge in [0.2, 0.25) is 5.91 Å². The second-order valence-electron chi connectivity index (χ2n) is 9.23. The lowest BCUT2D eigenvalue weighted by atomic mass is 9.67. The molecule has 2 aliphatic rings. The van der Waals surface area contributed by atoms with Crippen LogP contribution in [0, 0.1) is 19.3 Å². The number of hydrogen-bond acceptors (Lipinski definition) is 4. The summed E-state index contributed by atoms with van der Waals surface area (Å²) in [6, 6.07) is 10.8. The summed E-state index contributed by atoms with van der Waals surface area (Å²) >= 11 is 0. The Morgan fingerprint density at radius 3 is 2.87 bits per heavy atom. The number of amides is 1. The van der Waals surface area contributed by atoms with Crippen LogP contribution in [0.4, 0.5) is 0 Å². The zero-order chi connectivity index (χ0) is 21.1. The zero-order valence-electron chi connectivity index (χ0n) is 18.5. The van der Waals surface area contributed by atoms with Crippen molar-refractivity contribution < 1.29 is 4.79 Å². The fourth-order valence-corrected chi connectivity index (χ4v) is 5.32. The Kier molecular flexibility index (Phi) is 6.21. The molecule has 0 saturated carbocycles. The quantitative estimate of drug-likeness (QED) is 0.828. The van der Waals surface area contributed by atoms with Crippen LogP contribution in [-0.4, -0.2) is 53.4 Å². The lowest BCUT2D eigenvalue weighted by Crippen LogP contribution is -2.65. The monoisotopic (exact) mass is 406 g/mol. The average Bonchev–Trinajstić information content (AvgIpc) is 2.74. The summed E-state index contributed by atoms with van der Waals surface area (Å²) < 4.78 is 0. The van der Waals surface area contributed by atoms with Crippen molar-refractivity contribution in [3.8, 4) is 0 Å². The van der Waals surface area contributed by atoms with Crippen molar-refractivity contribution in [2.75, 3.05) is 26.7 Å². The van der Waals surface area contributed by atoms with Crippen LogP contribution in [0.3, 0.4) is 0 Å². The molecule has 3 heterocycles. The lowest BCUT2D eigenvalue weighted by Gasteiger charge is -2.53. The number of carbonyl (C=O) groups is 1. The van der Waals surface area contributed by atoms with Crippen LogP contribution in [0.5, 0.6) is 0 Å². The van der Waals surface area contributed by atoms with E-state index in [2.05, 4.69) is 65.3 Å². The Morgan fingerprint density at radius 2 is 2.10 bits per heavy atom. The Morgan fingerprint density at radius 1 is 1.23 bits per heavy atom. The maximum atomic E-state index is 13.6. The minimum atomic E-state index is -0.300. The topological polar surface area (TPSA) is 48.5 Å². The fraction of sp³-hybridized carbons (Fsp3) is 0.520. The molecule has 0 aliphatic carbocycles. The predicted octanol–water partition coefficient (Wildman–Crippen LogP) is 3.30. The van der Waals surface area contributed by atoms with Crippen LogP contribution in [0.2, 0.25) is 0 Å². The summed E-state index contributed by atoms with van der Waals surface area (Å²) in [6.07, 6.45) is 6.74. The molecule has 2 aliphatic heterocycles. The van der Waals surface area contributed by atoms with Gasteiger partial charge in [0, 0.05) is 38.1 Å². The van der Waals surface area contributed by atoms with Crippen molar-refractivity contribution >= 4 is 5.91 Å². The number of aromatic nitrogens is 1. The molecule has 1 aromatic heterocycles. The molecule has 4 rings (SSSR count). The van der Waals surface area contributed by atoms with E-state index in [1.807, 2.05) is 18.5 Å². The van der Waals surface area contributed by atoms with Crippen molar-refractivity contribution in [2.24, 2.45) is 5.41 Å². The van der Waals surface area contributed by atoms with E-state index in [1.54, 1.807) is 0 Å². The van der Waals surface area contributed by atoms with Crippen molar-refractivity contribution in [1.82, 2.24) is 20.1 Å². The largest absolute Gasteiger partial charge is 0.351 e. The van der Waals surface area contributed by atoms with Gasteiger partial charge >= 0.3 is 0 Å². The number of likely N-dealkylation sites (tertiary alicyclic amines) is 2. The van der Waals surface area contributed by atoms with E-state index in [0.717, 1.165) is 45.4 Å². The van der Waals surface area contributed by atoms with Gasteiger partial charge in [-0.15, -0.1) is 0 Å². The van der Waals surface area contributed by atoms with Gasteiger partial charge in [-0.3, -0.25) is 14.7 Å². The van der Waals surface area contributed by atoms with Crippen LogP contribution < -0.4 is 5.32 Å². The molecule has 0 bridgehead atoms. The van der Waals surface area contributed by atoms with Gasteiger partial charge in [-0.05, 0) is 76.0 Å². The fourth-order valence-electron chi connectivity index (χ4n) is 5.32. The third-order valence-electron chi connectivity index (χ3n) is 7.07. The minimum Gasteiger partial charge on any atom is -0.351 e. The van der Waals surface area contributed by atoms with E-state index in [0.29, 0.717) is 6.54 Å². The molecule has 0 radical (unpaired) electrons. The van der Waals surface area contributed by atoms with Crippen LogP contribution in [-0.2, 0) is 17.9 Å². The summed E-state index contributed by atoms with van der Waals surface area (Å²) in [7, 11) is 2.17. The molecule has 2 aromatic rings. The number of benzene rings is 1. The van der Waals surface area contributed by atoms with E-state index in [4.69, 9.17) is 0 Å². The molecule has 5 nitrogen and oxygen atoms in total. The van der Waals surface area contributed by atoms with Crippen molar-refractivity contribution in [1.29, 1.82) is 0 Å². The second-order valence-corrected chi connectivity index (χ2v) is 9.23. The van der Waals surface area contributed by atoms with Gasteiger partial charge in [-0.1, -0.05) is 29.8 Å². The van der Waals surface area contributed by atoms with E-state index < -0.39 is 0 Å². The van der Waals surface area contributed by atoms with Crippen molar-refractivity contribution in [3.63, 3.8) is 0 Å². The highest BCUT2D eigenvalue weighted by molar-refractivity contribution is 5.84. The maximum absolute atomic E-state index is 13.6. The molecule has 2 atom stereocenters. The Labute approximate surface area is 180 Å². The van der Waals surface area contributed by atoms with Gasteiger partial charge in [0.1, 0.15) is 0 Å². The van der Waals surface area contributed by atoms with Gasteiger partial charge in [0.25, 0.3) is 0 Å². The second kappa shape index (κ2) is 8.86. The number of carbonyl (C=O) groups excluding carboxylic acids is 1. The first-order chi connectivity index (χ1) is 14.5. The summed E-state index contributed by atoms with van der Waals surface area (Å²) in [5.41, 5.74) is 4.63. The first kappa shape index (κ1) is 21.0. The summed E-state index contributed by atoms with van der Waals surface area (Å²) in [5, 5.41) is 3.32. The molecular formula is C25H34N4O. The molecule has 1 amide bonds. The molecule has 0 unspecified atom stereocenters. The highest BCUT2D eigenvalue weighted by Gasteiger charge is 2.52. The highest BCUT2D eigenvalue weighted by atomic mass is 16.2. The van der Waals surface area contributed by atoms with Crippen molar-refractivity contribution in [2.45, 2.75) is 52.2 Å². The summed E-state index contributed by atoms with van der Waals surface area (Å²) in [4.78, 5) is 22.8. The molecular weight excluding hydrogens is 372 g/mol. The van der Waals surface area contributed by atoms with E-state index in [1.165, 1.54) is 22.3 Å². The smallest absolute Gasteiger partial charge is 0.228 e.